The van der Waals surface area contributed by atoms with Crippen LogP contribution in [0.4, 0.5) is 0 Å². The topological polar surface area (TPSA) is 30.9 Å². The van der Waals surface area contributed by atoms with E-state index in [2.05, 4.69) is 58.6 Å². The van der Waals surface area contributed by atoms with Gasteiger partial charge in [-0.05, 0) is 37.1 Å². The summed E-state index contributed by atoms with van der Waals surface area (Å²) in [6.07, 6.45) is 6.95. The highest BCUT2D eigenvalue weighted by Gasteiger charge is 2.29. The SMILES string of the molecule is CCNC(=NCC(C)Cc1cccs1)N1CCC(N2CC=CC2)C1.I. The van der Waals surface area contributed by atoms with E-state index in [1.165, 1.54) is 11.3 Å². The van der Waals surface area contributed by atoms with Gasteiger partial charge in [0, 0.05) is 50.2 Å². The fourth-order valence-corrected chi connectivity index (χ4v) is 4.40. The Morgan fingerprint density at radius 1 is 1.40 bits per heavy atom. The maximum absolute atomic E-state index is 4.94. The van der Waals surface area contributed by atoms with E-state index >= 15 is 0 Å². The highest BCUT2D eigenvalue weighted by molar-refractivity contribution is 14.0. The number of likely N-dealkylation sites (tertiary alicyclic amines) is 1. The number of thiophene rings is 1. The number of rotatable bonds is 6. The normalized spacial score (nSPS) is 22.2. The summed E-state index contributed by atoms with van der Waals surface area (Å²) in [5.41, 5.74) is 0. The van der Waals surface area contributed by atoms with Gasteiger partial charge in [-0.25, -0.2) is 0 Å². The molecule has 4 nitrogen and oxygen atoms in total. The van der Waals surface area contributed by atoms with Gasteiger partial charge in [-0.2, -0.15) is 0 Å². The molecule has 2 unspecified atom stereocenters. The van der Waals surface area contributed by atoms with Crippen molar-refractivity contribution >= 4 is 41.3 Å². The first-order valence-electron chi connectivity index (χ1n) is 9.21. The predicted octanol–water partition coefficient (Wildman–Crippen LogP) is 3.46. The number of halogens is 1. The lowest BCUT2D eigenvalue weighted by Crippen LogP contribution is -2.43. The second kappa shape index (κ2) is 10.5. The van der Waals surface area contributed by atoms with E-state index in [-0.39, 0.29) is 24.0 Å². The zero-order valence-corrected chi connectivity index (χ0v) is 18.5. The molecule has 2 aliphatic rings. The maximum Gasteiger partial charge on any atom is 0.193 e. The maximum atomic E-state index is 4.94. The largest absolute Gasteiger partial charge is 0.357 e. The van der Waals surface area contributed by atoms with Crippen LogP contribution in [0.5, 0.6) is 0 Å². The summed E-state index contributed by atoms with van der Waals surface area (Å²) in [5.74, 6) is 1.68. The summed E-state index contributed by atoms with van der Waals surface area (Å²) < 4.78 is 0. The fraction of sp³-hybridized carbons (Fsp3) is 0.632. The molecule has 3 heterocycles. The second-order valence-corrected chi connectivity index (χ2v) is 7.93. The van der Waals surface area contributed by atoms with Gasteiger partial charge in [0.05, 0.1) is 0 Å². The zero-order valence-electron chi connectivity index (χ0n) is 15.4. The standard InChI is InChI=1S/C19H30N4S.HI/c1-3-20-19(21-14-16(2)13-18-7-6-12-24-18)23-11-8-17(15-23)22-9-4-5-10-22;/h4-7,12,16-17H,3,8-11,13-15H2,1-2H3,(H,20,21);1H. The van der Waals surface area contributed by atoms with Crippen molar-refractivity contribution in [2.45, 2.75) is 32.7 Å². The Kier molecular flexibility index (Phi) is 8.72. The molecule has 1 aromatic rings. The summed E-state index contributed by atoms with van der Waals surface area (Å²) >= 11 is 1.85. The van der Waals surface area contributed by atoms with Crippen molar-refractivity contribution in [2.24, 2.45) is 10.9 Å². The molecule has 0 aliphatic carbocycles. The van der Waals surface area contributed by atoms with Crippen LogP contribution in [-0.4, -0.2) is 61.1 Å². The van der Waals surface area contributed by atoms with Crippen molar-refractivity contribution in [2.75, 3.05) is 39.3 Å². The predicted molar refractivity (Wildman–Crippen MR) is 119 cm³/mol. The number of hydrogen-bond donors (Lipinski definition) is 1. The number of guanidine groups is 1. The van der Waals surface area contributed by atoms with Crippen molar-refractivity contribution in [3.8, 4) is 0 Å². The molecule has 140 valence electrons. The van der Waals surface area contributed by atoms with E-state index in [9.17, 15) is 0 Å². The summed E-state index contributed by atoms with van der Waals surface area (Å²) in [6.45, 7) is 10.7. The van der Waals surface area contributed by atoms with Crippen molar-refractivity contribution < 1.29 is 0 Å². The van der Waals surface area contributed by atoms with Crippen LogP contribution >= 0.6 is 35.3 Å². The quantitative estimate of drug-likeness (QED) is 0.297. The van der Waals surface area contributed by atoms with Crippen LogP contribution in [0.25, 0.3) is 0 Å². The van der Waals surface area contributed by atoms with Crippen LogP contribution in [-0.2, 0) is 6.42 Å². The van der Waals surface area contributed by atoms with Crippen LogP contribution in [0.3, 0.4) is 0 Å². The van der Waals surface area contributed by atoms with E-state index in [1.54, 1.807) is 0 Å². The lowest BCUT2D eigenvalue weighted by atomic mass is 10.1. The summed E-state index contributed by atoms with van der Waals surface area (Å²) in [6, 6.07) is 5.04. The fourth-order valence-electron chi connectivity index (χ4n) is 3.53. The molecule has 0 bridgehead atoms. The Bertz CT molecular complexity index is 550. The van der Waals surface area contributed by atoms with E-state index in [0.29, 0.717) is 12.0 Å². The Balaban J connectivity index is 0.00000225. The van der Waals surface area contributed by atoms with Crippen LogP contribution < -0.4 is 5.32 Å². The molecule has 1 aromatic heterocycles. The third kappa shape index (κ3) is 5.96. The highest BCUT2D eigenvalue weighted by atomic mass is 127. The Morgan fingerprint density at radius 2 is 2.20 bits per heavy atom. The highest BCUT2D eigenvalue weighted by Crippen LogP contribution is 2.18. The van der Waals surface area contributed by atoms with Crippen LogP contribution in [0.15, 0.2) is 34.7 Å². The minimum Gasteiger partial charge on any atom is -0.357 e. The van der Waals surface area contributed by atoms with Gasteiger partial charge in [-0.15, -0.1) is 35.3 Å². The van der Waals surface area contributed by atoms with Crippen molar-refractivity contribution in [3.05, 3.63) is 34.5 Å². The Labute approximate surface area is 173 Å². The molecule has 0 spiro atoms. The summed E-state index contributed by atoms with van der Waals surface area (Å²) in [5, 5.41) is 5.65. The first kappa shape index (κ1) is 20.7. The molecular weight excluding hydrogens is 443 g/mol. The lowest BCUT2D eigenvalue weighted by molar-refractivity contribution is 0.259. The molecule has 25 heavy (non-hydrogen) atoms. The summed E-state index contributed by atoms with van der Waals surface area (Å²) in [7, 11) is 0. The average Bonchev–Trinajstić information content (AvgIpc) is 3.32. The Morgan fingerprint density at radius 3 is 2.88 bits per heavy atom. The molecule has 1 fully saturated rings. The molecule has 0 aromatic carbocycles. The molecule has 0 radical (unpaired) electrons. The van der Waals surface area contributed by atoms with Gasteiger partial charge >= 0.3 is 0 Å². The molecule has 6 heteroatoms. The minimum absolute atomic E-state index is 0. The number of aliphatic imine (C=N–C) groups is 1. The average molecular weight is 474 g/mol. The van der Waals surface area contributed by atoms with Crippen molar-refractivity contribution in [3.63, 3.8) is 0 Å². The van der Waals surface area contributed by atoms with E-state index in [1.807, 2.05) is 11.3 Å². The van der Waals surface area contributed by atoms with Crippen molar-refractivity contribution in [1.29, 1.82) is 0 Å². The zero-order chi connectivity index (χ0) is 16.8. The van der Waals surface area contributed by atoms with Gasteiger partial charge in [0.25, 0.3) is 0 Å². The molecule has 2 atom stereocenters. The third-order valence-corrected chi connectivity index (χ3v) is 5.74. The third-order valence-electron chi connectivity index (χ3n) is 4.84. The second-order valence-electron chi connectivity index (χ2n) is 6.90. The van der Waals surface area contributed by atoms with Gasteiger partial charge < -0.3 is 10.2 Å². The lowest BCUT2D eigenvalue weighted by Gasteiger charge is -2.25. The van der Waals surface area contributed by atoms with Gasteiger partial charge in [0.15, 0.2) is 5.96 Å². The van der Waals surface area contributed by atoms with Gasteiger partial charge in [0.1, 0.15) is 0 Å². The first-order valence-corrected chi connectivity index (χ1v) is 10.1. The van der Waals surface area contributed by atoms with Crippen LogP contribution in [0.1, 0.15) is 25.1 Å². The molecular formula is C19H31IN4S. The van der Waals surface area contributed by atoms with Crippen LogP contribution in [0, 0.1) is 5.92 Å². The molecule has 2 aliphatic heterocycles. The number of nitrogens with one attached hydrogen (secondary N) is 1. The van der Waals surface area contributed by atoms with E-state index in [0.717, 1.165) is 51.6 Å². The van der Waals surface area contributed by atoms with Crippen LogP contribution in [0.2, 0.25) is 0 Å². The minimum atomic E-state index is 0. The van der Waals surface area contributed by atoms with E-state index in [4.69, 9.17) is 4.99 Å². The van der Waals surface area contributed by atoms with Gasteiger partial charge in [0.2, 0.25) is 0 Å². The molecule has 0 saturated carbocycles. The number of nitrogens with zero attached hydrogens (tertiary/aromatic N) is 3. The van der Waals surface area contributed by atoms with Gasteiger partial charge in [-0.3, -0.25) is 9.89 Å². The molecule has 1 saturated heterocycles. The first-order chi connectivity index (χ1) is 11.8. The summed E-state index contributed by atoms with van der Waals surface area (Å²) in [4.78, 5) is 11.4. The number of hydrogen-bond acceptors (Lipinski definition) is 3. The molecule has 1 N–H and O–H groups in total. The molecule has 3 rings (SSSR count). The smallest absolute Gasteiger partial charge is 0.193 e. The van der Waals surface area contributed by atoms with Gasteiger partial charge in [-0.1, -0.05) is 25.1 Å². The molecule has 0 amide bonds. The monoisotopic (exact) mass is 474 g/mol. The Hall–Kier alpha value is -0.600. The van der Waals surface area contributed by atoms with E-state index < -0.39 is 0 Å². The van der Waals surface area contributed by atoms with Crippen molar-refractivity contribution in [1.82, 2.24) is 15.1 Å².